The molecular weight excluding hydrogens is 382 g/mol. The summed E-state index contributed by atoms with van der Waals surface area (Å²) in [4.78, 5) is 4.85. The number of likely N-dealkylation sites (tertiary alicyclic amines) is 1. The third kappa shape index (κ3) is 4.33. The van der Waals surface area contributed by atoms with Gasteiger partial charge in [-0.1, -0.05) is 19.4 Å². The Morgan fingerprint density at radius 2 is 2.03 bits per heavy atom. The zero-order valence-electron chi connectivity index (χ0n) is 18.7. The van der Waals surface area contributed by atoms with E-state index in [1.165, 1.54) is 24.8 Å². The predicted octanol–water partition coefficient (Wildman–Crippen LogP) is 3.80. The van der Waals surface area contributed by atoms with E-state index in [4.69, 9.17) is 21.7 Å². The molecule has 3 atom stereocenters. The fraction of sp³-hybridized carbons (Fsp3) is 0.696. The van der Waals surface area contributed by atoms with Gasteiger partial charge in [0.15, 0.2) is 16.6 Å². The molecule has 3 rings (SSSR count). The Bertz CT molecular complexity index is 713. The fourth-order valence-electron chi connectivity index (χ4n) is 5.26. The minimum absolute atomic E-state index is 0.183. The lowest BCUT2D eigenvalue weighted by molar-refractivity contribution is 0.126. The van der Waals surface area contributed by atoms with Crippen LogP contribution in [0, 0.1) is 0 Å². The Hall–Kier alpha value is -1.53. The van der Waals surface area contributed by atoms with E-state index >= 15 is 0 Å². The quantitative estimate of drug-likeness (QED) is 0.535. The average Bonchev–Trinajstić information content (AvgIpc) is 3.09. The number of hydrogen-bond acceptors (Lipinski definition) is 4. The van der Waals surface area contributed by atoms with Gasteiger partial charge in [0.1, 0.15) is 0 Å². The third-order valence-electron chi connectivity index (χ3n) is 7.13. The Morgan fingerprint density at radius 1 is 1.28 bits per heavy atom. The van der Waals surface area contributed by atoms with E-state index in [9.17, 15) is 0 Å². The standard InChI is InChI=1S/C23H37N3O2S/c1-6-7-13-24-22(29)26(3)18-10-11-23(12-14-25(2)21(23)16-18)17-8-9-19(27-4)20(15-17)28-5/h8-9,15,18,21H,6-7,10-14,16H2,1-5H3,(H,24,29)/t18-,21+,23-/m0/s1. The monoisotopic (exact) mass is 419 g/mol. The molecule has 29 heavy (non-hydrogen) atoms. The van der Waals surface area contributed by atoms with E-state index in [-0.39, 0.29) is 5.41 Å². The molecule has 0 radical (unpaired) electrons. The number of methoxy groups -OCH3 is 2. The molecular formula is C23H37N3O2S. The van der Waals surface area contributed by atoms with Crippen molar-refractivity contribution in [1.29, 1.82) is 0 Å². The van der Waals surface area contributed by atoms with E-state index in [2.05, 4.69) is 54.3 Å². The summed E-state index contributed by atoms with van der Waals surface area (Å²) in [5.74, 6) is 1.63. The van der Waals surface area contributed by atoms with Gasteiger partial charge in [-0.3, -0.25) is 0 Å². The van der Waals surface area contributed by atoms with Crippen molar-refractivity contribution in [1.82, 2.24) is 15.1 Å². The van der Waals surface area contributed by atoms with Crippen molar-refractivity contribution < 1.29 is 9.47 Å². The van der Waals surface area contributed by atoms with Gasteiger partial charge >= 0.3 is 0 Å². The van der Waals surface area contributed by atoms with Crippen LogP contribution in [0.1, 0.15) is 51.0 Å². The van der Waals surface area contributed by atoms with Gasteiger partial charge in [-0.15, -0.1) is 0 Å². The second kappa shape index (κ2) is 9.52. The number of ether oxygens (including phenoxy) is 2. The third-order valence-corrected chi connectivity index (χ3v) is 7.56. The maximum Gasteiger partial charge on any atom is 0.168 e. The second-order valence-corrected chi connectivity index (χ2v) is 8.98. The number of benzene rings is 1. The lowest BCUT2D eigenvalue weighted by Crippen LogP contribution is -2.53. The van der Waals surface area contributed by atoms with Gasteiger partial charge in [0, 0.05) is 31.1 Å². The zero-order valence-corrected chi connectivity index (χ0v) is 19.5. The number of fused-ring (bicyclic) bond motifs is 1. The Kier molecular flexibility index (Phi) is 7.28. The van der Waals surface area contributed by atoms with Crippen LogP contribution in [0.25, 0.3) is 0 Å². The molecule has 2 aliphatic rings. The Balaban J connectivity index is 1.78. The van der Waals surface area contributed by atoms with Crippen molar-refractivity contribution in [2.45, 2.75) is 62.9 Å². The van der Waals surface area contributed by atoms with E-state index in [0.717, 1.165) is 49.0 Å². The summed E-state index contributed by atoms with van der Waals surface area (Å²) in [6.07, 6.45) is 7.00. The van der Waals surface area contributed by atoms with Crippen LogP contribution in [0.5, 0.6) is 11.5 Å². The first-order valence-corrected chi connectivity index (χ1v) is 11.3. The van der Waals surface area contributed by atoms with Crippen LogP contribution in [0.3, 0.4) is 0 Å². The molecule has 1 aromatic rings. The maximum absolute atomic E-state index is 5.67. The van der Waals surface area contributed by atoms with E-state index in [1.807, 2.05) is 0 Å². The van der Waals surface area contributed by atoms with E-state index in [1.54, 1.807) is 14.2 Å². The molecule has 162 valence electrons. The van der Waals surface area contributed by atoms with Crippen molar-refractivity contribution in [3.63, 3.8) is 0 Å². The zero-order chi connectivity index (χ0) is 21.0. The molecule has 2 fully saturated rings. The molecule has 0 spiro atoms. The molecule has 1 aliphatic carbocycles. The topological polar surface area (TPSA) is 37.0 Å². The Morgan fingerprint density at radius 3 is 2.72 bits per heavy atom. The van der Waals surface area contributed by atoms with Gasteiger partial charge in [-0.05, 0) is 75.6 Å². The van der Waals surface area contributed by atoms with Crippen LogP contribution in [-0.2, 0) is 5.41 Å². The molecule has 1 N–H and O–H groups in total. The molecule has 5 nitrogen and oxygen atoms in total. The summed E-state index contributed by atoms with van der Waals surface area (Å²) in [5, 5.41) is 4.33. The minimum atomic E-state index is 0.183. The van der Waals surface area contributed by atoms with E-state index in [0.29, 0.717) is 12.1 Å². The van der Waals surface area contributed by atoms with Gasteiger partial charge in [-0.2, -0.15) is 0 Å². The highest BCUT2D eigenvalue weighted by Crippen LogP contribution is 2.50. The van der Waals surface area contributed by atoms with Crippen LogP contribution in [0.15, 0.2) is 18.2 Å². The van der Waals surface area contributed by atoms with E-state index < -0.39 is 0 Å². The molecule has 0 aromatic heterocycles. The molecule has 0 bridgehead atoms. The summed E-state index contributed by atoms with van der Waals surface area (Å²) in [6.45, 7) is 4.30. The number of nitrogens with zero attached hydrogens (tertiary/aromatic N) is 2. The minimum Gasteiger partial charge on any atom is -0.493 e. The van der Waals surface area contributed by atoms with Gasteiger partial charge in [-0.25, -0.2) is 0 Å². The summed E-state index contributed by atoms with van der Waals surface area (Å²) in [5.41, 5.74) is 1.57. The van der Waals surface area contributed by atoms with Gasteiger partial charge < -0.3 is 24.6 Å². The Labute approximate surface area is 181 Å². The second-order valence-electron chi connectivity index (χ2n) is 8.60. The van der Waals surface area contributed by atoms with Gasteiger partial charge in [0.05, 0.1) is 14.2 Å². The van der Waals surface area contributed by atoms with Crippen LogP contribution >= 0.6 is 12.2 Å². The van der Waals surface area contributed by atoms with Crippen molar-refractivity contribution in [2.75, 3.05) is 41.4 Å². The largest absolute Gasteiger partial charge is 0.493 e. The number of hydrogen-bond donors (Lipinski definition) is 1. The first kappa shape index (κ1) is 22.2. The molecule has 6 heteroatoms. The first-order chi connectivity index (χ1) is 14.0. The molecule has 1 saturated carbocycles. The summed E-state index contributed by atoms with van der Waals surface area (Å²) < 4.78 is 11.1. The highest BCUT2D eigenvalue weighted by Gasteiger charge is 2.51. The smallest absolute Gasteiger partial charge is 0.168 e. The van der Waals surface area contributed by atoms with Gasteiger partial charge in [0.25, 0.3) is 0 Å². The van der Waals surface area contributed by atoms with Crippen molar-refractivity contribution in [2.24, 2.45) is 0 Å². The normalized spacial score (nSPS) is 26.7. The highest BCUT2D eigenvalue weighted by molar-refractivity contribution is 7.80. The van der Waals surface area contributed by atoms with Crippen LogP contribution in [-0.4, -0.2) is 68.4 Å². The summed E-state index contributed by atoms with van der Waals surface area (Å²) >= 11 is 5.67. The van der Waals surface area contributed by atoms with Crippen molar-refractivity contribution in [3.05, 3.63) is 23.8 Å². The van der Waals surface area contributed by atoms with Gasteiger partial charge in [0.2, 0.25) is 0 Å². The molecule has 0 amide bonds. The first-order valence-electron chi connectivity index (χ1n) is 10.9. The van der Waals surface area contributed by atoms with Crippen LogP contribution in [0.2, 0.25) is 0 Å². The molecule has 1 aliphatic heterocycles. The molecule has 0 unspecified atom stereocenters. The van der Waals surface area contributed by atoms with Crippen LogP contribution < -0.4 is 14.8 Å². The molecule has 1 heterocycles. The van der Waals surface area contributed by atoms with Crippen molar-refractivity contribution in [3.8, 4) is 11.5 Å². The number of nitrogens with one attached hydrogen (secondary N) is 1. The lowest BCUT2D eigenvalue weighted by Gasteiger charge is -2.47. The van der Waals surface area contributed by atoms with Crippen molar-refractivity contribution >= 4 is 17.3 Å². The number of thiocarbonyl (C=S) groups is 1. The number of likely N-dealkylation sites (N-methyl/N-ethyl adjacent to an activating group) is 1. The molecule has 1 saturated heterocycles. The fourth-order valence-corrected chi connectivity index (χ4v) is 5.51. The summed E-state index contributed by atoms with van der Waals surface area (Å²) in [6, 6.07) is 7.50. The van der Waals surface area contributed by atoms with Crippen LogP contribution in [0.4, 0.5) is 0 Å². The number of rotatable bonds is 7. The average molecular weight is 420 g/mol. The number of unbranched alkanes of at least 4 members (excludes halogenated alkanes) is 1. The summed E-state index contributed by atoms with van der Waals surface area (Å²) in [7, 11) is 7.84. The molecule has 1 aromatic carbocycles. The SMILES string of the molecule is CCCCNC(=S)N(C)[C@H]1CC[C@@]2(c3ccc(OC)c(OC)c3)CCN(C)[C@@H]2C1. The predicted molar refractivity (Wildman–Crippen MR) is 123 cm³/mol. The maximum atomic E-state index is 5.67. The lowest BCUT2D eigenvalue weighted by atomic mass is 9.65. The highest BCUT2D eigenvalue weighted by atomic mass is 32.1.